The number of nitrogens with zero attached hydrogens (tertiary/aromatic N) is 2. The zero-order valence-corrected chi connectivity index (χ0v) is 8.46. The van der Waals surface area contributed by atoms with Crippen LogP contribution in [-0.2, 0) is 17.9 Å². The molecule has 11 heavy (non-hydrogen) atoms. The van der Waals surface area contributed by atoms with Crippen LogP contribution in [0.5, 0.6) is 0 Å². The molecule has 0 spiro atoms. The Morgan fingerprint density at radius 2 is 2.45 bits per heavy atom. The van der Waals surface area contributed by atoms with Crippen LogP contribution in [0.4, 0.5) is 0 Å². The van der Waals surface area contributed by atoms with E-state index in [-0.39, 0.29) is 0 Å². The highest BCUT2D eigenvalue weighted by atomic mass is 127. The van der Waals surface area contributed by atoms with Gasteiger partial charge in [-0.1, -0.05) is 0 Å². The number of hydrogen-bond acceptors (Lipinski definition) is 2. The highest BCUT2D eigenvalue weighted by Crippen LogP contribution is 2.19. The molecule has 2 heterocycles. The second kappa shape index (κ2) is 2.75. The van der Waals surface area contributed by atoms with Crippen molar-refractivity contribution < 1.29 is 4.74 Å². The van der Waals surface area contributed by atoms with Crippen molar-refractivity contribution in [3.8, 4) is 0 Å². The van der Waals surface area contributed by atoms with Crippen LogP contribution in [0.25, 0.3) is 0 Å². The van der Waals surface area contributed by atoms with Crippen molar-refractivity contribution in [3.05, 3.63) is 15.0 Å². The Hall–Kier alpha value is -0.100. The molecule has 1 aromatic heterocycles. The van der Waals surface area contributed by atoms with Crippen LogP contribution in [0.2, 0.25) is 0 Å². The van der Waals surface area contributed by atoms with Gasteiger partial charge in [0, 0.05) is 0 Å². The Bertz CT molecular complexity index is 282. The Balaban J connectivity index is 2.50. The Labute approximate surface area is 78.9 Å². The van der Waals surface area contributed by atoms with Gasteiger partial charge < -0.3 is 4.74 Å². The minimum atomic E-state index is 0.721. The molecule has 0 saturated heterocycles. The van der Waals surface area contributed by atoms with Crippen LogP contribution in [0.1, 0.15) is 11.4 Å². The summed E-state index contributed by atoms with van der Waals surface area (Å²) in [5.74, 6) is 0. The van der Waals surface area contributed by atoms with Crippen LogP contribution in [0.15, 0.2) is 0 Å². The zero-order chi connectivity index (χ0) is 7.84. The molecule has 0 unspecified atom stereocenters. The maximum atomic E-state index is 5.32. The quantitative estimate of drug-likeness (QED) is 0.661. The summed E-state index contributed by atoms with van der Waals surface area (Å²) in [6, 6.07) is 0. The van der Waals surface area contributed by atoms with Crippen LogP contribution in [-0.4, -0.2) is 16.4 Å². The first kappa shape index (κ1) is 7.54. The Kier molecular flexibility index (Phi) is 1.88. The van der Waals surface area contributed by atoms with E-state index in [4.69, 9.17) is 4.74 Å². The highest BCUT2D eigenvalue weighted by molar-refractivity contribution is 14.1. The predicted octanol–water partition coefficient (Wildman–Crippen LogP) is 1.33. The Morgan fingerprint density at radius 3 is 3.18 bits per heavy atom. The monoisotopic (exact) mass is 264 g/mol. The van der Waals surface area contributed by atoms with Crippen molar-refractivity contribution in [1.82, 2.24) is 9.78 Å². The van der Waals surface area contributed by atoms with Crippen molar-refractivity contribution in [1.29, 1.82) is 0 Å². The van der Waals surface area contributed by atoms with Crippen LogP contribution >= 0.6 is 22.6 Å². The summed E-state index contributed by atoms with van der Waals surface area (Å²) in [6.07, 6.45) is 0. The highest BCUT2D eigenvalue weighted by Gasteiger charge is 2.15. The largest absolute Gasteiger partial charge is 0.373 e. The molecule has 60 valence electrons. The van der Waals surface area contributed by atoms with Gasteiger partial charge in [0.15, 0.2) is 0 Å². The van der Waals surface area contributed by atoms with Crippen molar-refractivity contribution in [3.63, 3.8) is 0 Å². The molecule has 0 radical (unpaired) electrons. The van der Waals surface area contributed by atoms with E-state index < -0.39 is 0 Å². The summed E-state index contributed by atoms with van der Waals surface area (Å²) in [5.41, 5.74) is 2.35. The van der Waals surface area contributed by atoms with E-state index in [1.165, 1.54) is 9.26 Å². The van der Waals surface area contributed by atoms with Gasteiger partial charge in [-0.15, -0.1) is 0 Å². The van der Waals surface area contributed by atoms with Crippen LogP contribution in [0.3, 0.4) is 0 Å². The molecule has 0 amide bonds. The molecular weight excluding hydrogens is 255 g/mol. The van der Waals surface area contributed by atoms with Gasteiger partial charge >= 0.3 is 0 Å². The third kappa shape index (κ3) is 1.18. The van der Waals surface area contributed by atoms with Crippen LogP contribution in [0, 0.1) is 10.5 Å². The summed E-state index contributed by atoms with van der Waals surface area (Å²) >= 11 is 2.32. The van der Waals surface area contributed by atoms with Gasteiger partial charge in [-0.05, 0) is 29.5 Å². The smallest absolute Gasteiger partial charge is 0.0896 e. The second-order valence-corrected chi connectivity index (χ2v) is 3.70. The number of rotatable bonds is 0. The lowest BCUT2D eigenvalue weighted by Gasteiger charge is -2.13. The summed E-state index contributed by atoms with van der Waals surface area (Å²) in [4.78, 5) is 0. The Morgan fingerprint density at radius 1 is 1.64 bits per heavy atom. The van der Waals surface area contributed by atoms with Gasteiger partial charge in [0.05, 0.1) is 34.7 Å². The maximum absolute atomic E-state index is 5.32. The molecule has 4 heteroatoms. The van der Waals surface area contributed by atoms with Crippen molar-refractivity contribution in [2.24, 2.45) is 0 Å². The minimum absolute atomic E-state index is 0.721. The fraction of sp³-hybridized carbons (Fsp3) is 0.571. The average Bonchev–Trinajstić information content (AvgIpc) is 2.30. The maximum Gasteiger partial charge on any atom is 0.0896 e. The van der Waals surface area contributed by atoms with Crippen LogP contribution < -0.4 is 0 Å². The van der Waals surface area contributed by atoms with Gasteiger partial charge in [-0.25, -0.2) is 0 Å². The topological polar surface area (TPSA) is 27.1 Å². The molecule has 2 rings (SSSR count). The third-order valence-corrected chi connectivity index (χ3v) is 3.24. The molecule has 0 aliphatic carbocycles. The normalized spacial score (nSPS) is 16.5. The van der Waals surface area contributed by atoms with Gasteiger partial charge in [0.25, 0.3) is 0 Å². The van der Waals surface area contributed by atoms with E-state index in [9.17, 15) is 0 Å². The number of halogens is 1. The molecule has 0 atom stereocenters. The van der Waals surface area contributed by atoms with Gasteiger partial charge in [0.1, 0.15) is 0 Å². The molecule has 0 saturated carbocycles. The first-order chi connectivity index (χ1) is 5.29. The molecule has 0 N–H and O–H groups in total. The minimum Gasteiger partial charge on any atom is -0.373 e. The molecule has 3 nitrogen and oxygen atoms in total. The second-order valence-electron chi connectivity index (χ2n) is 2.62. The van der Waals surface area contributed by atoms with Crippen molar-refractivity contribution >= 4 is 22.6 Å². The fourth-order valence-electron chi connectivity index (χ4n) is 1.25. The molecular formula is C7H9IN2O. The van der Waals surface area contributed by atoms with E-state index in [0.717, 1.165) is 25.5 Å². The number of aromatic nitrogens is 2. The van der Waals surface area contributed by atoms with Crippen molar-refractivity contribution in [2.45, 2.75) is 20.1 Å². The number of hydrogen-bond donors (Lipinski definition) is 0. The van der Waals surface area contributed by atoms with Gasteiger partial charge in [0.2, 0.25) is 0 Å². The molecule has 0 aromatic carbocycles. The average molecular weight is 264 g/mol. The van der Waals surface area contributed by atoms with Gasteiger partial charge in [-0.2, -0.15) is 5.10 Å². The number of fused-ring (bicyclic) bond motifs is 1. The lowest BCUT2D eigenvalue weighted by molar-refractivity contribution is 0.0794. The molecule has 1 aliphatic rings. The van der Waals surface area contributed by atoms with E-state index in [1.807, 2.05) is 11.6 Å². The molecule has 0 fully saturated rings. The van der Waals surface area contributed by atoms with Gasteiger partial charge in [-0.3, -0.25) is 4.68 Å². The lowest BCUT2D eigenvalue weighted by Crippen LogP contribution is -2.17. The summed E-state index contributed by atoms with van der Waals surface area (Å²) in [6.45, 7) is 4.45. The van der Waals surface area contributed by atoms with E-state index in [2.05, 4.69) is 27.7 Å². The van der Waals surface area contributed by atoms with Crippen molar-refractivity contribution in [2.75, 3.05) is 6.61 Å². The predicted molar refractivity (Wildman–Crippen MR) is 49.3 cm³/mol. The third-order valence-electron chi connectivity index (χ3n) is 1.84. The van der Waals surface area contributed by atoms with E-state index >= 15 is 0 Å². The molecule has 0 bridgehead atoms. The molecule has 1 aromatic rings. The number of ether oxygens (including phenoxy) is 1. The zero-order valence-electron chi connectivity index (χ0n) is 6.30. The van der Waals surface area contributed by atoms with E-state index in [1.54, 1.807) is 0 Å². The molecule has 1 aliphatic heterocycles. The number of aryl methyl sites for hydroxylation is 1. The van der Waals surface area contributed by atoms with E-state index in [0.29, 0.717) is 0 Å². The fourth-order valence-corrected chi connectivity index (χ4v) is 1.79. The summed E-state index contributed by atoms with van der Waals surface area (Å²) < 4.78 is 8.62. The summed E-state index contributed by atoms with van der Waals surface area (Å²) in [5, 5.41) is 4.38. The first-order valence-corrected chi connectivity index (χ1v) is 4.66. The lowest BCUT2D eigenvalue weighted by atomic mass is 10.3. The standard InChI is InChI=1S/C7H9IN2O/c1-5-7(8)6-4-11-3-2-10(6)9-5/h2-4H2,1H3. The summed E-state index contributed by atoms with van der Waals surface area (Å²) in [7, 11) is 0. The SMILES string of the molecule is Cc1nn2c(c1I)COCC2. The first-order valence-electron chi connectivity index (χ1n) is 3.58.